The van der Waals surface area contributed by atoms with Crippen molar-refractivity contribution in [2.75, 3.05) is 6.54 Å². The van der Waals surface area contributed by atoms with Crippen LogP contribution in [0.2, 0.25) is 0 Å². The molecule has 0 saturated carbocycles. The van der Waals surface area contributed by atoms with Crippen molar-refractivity contribution < 1.29 is 28.6 Å². The molecule has 6 N–H and O–H groups in total. The van der Waals surface area contributed by atoms with Gasteiger partial charge in [-0.05, 0) is 17.0 Å². The van der Waals surface area contributed by atoms with Crippen LogP contribution in [0.25, 0.3) is 0 Å². The topological polar surface area (TPSA) is 160 Å². The average Bonchev–Trinajstić information content (AvgIpc) is 2.82. The van der Waals surface area contributed by atoms with Gasteiger partial charge in [0.25, 0.3) is 7.52 Å². The standard InChI is InChI=1S/C24H33N4O6P/c1-17(2)22(23(30)26-20(29)13-14-25)28-35(32,33)21(15-18-9-5-3-6-10-18)27-24(31)34-16-19-11-7-4-8-12-19/h3-12,17,21-22H,13-16,25H2,1-2H3,(H,27,31)(H,26,29,30)(H2,28,32,33)/t21?,22-/m0/s1. The van der Waals surface area contributed by atoms with Gasteiger partial charge in [0.2, 0.25) is 11.8 Å². The van der Waals surface area contributed by atoms with Gasteiger partial charge in [0, 0.05) is 19.4 Å². The van der Waals surface area contributed by atoms with Gasteiger partial charge in [-0.25, -0.2) is 9.88 Å². The molecule has 190 valence electrons. The first kappa shape index (κ1) is 28.2. The molecule has 0 spiro atoms. The Bertz CT molecular complexity index is 1020. The Morgan fingerprint density at radius 1 is 1.00 bits per heavy atom. The first-order valence-corrected chi connectivity index (χ1v) is 13.0. The smallest absolute Gasteiger partial charge is 0.408 e. The van der Waals surface area contributed by atoms with E-state index in [9.17, 15) is 23.8 Å². The molecule has 0 bridgehead atoms. The molecule has 0 aliphatic rings. The van der Waals surface area contributed by atoms with Crippen LogP contribution in [0.3, 0.4) is 0 Å². The highest BCUT2D eigenvalue weighted by molar-refractivity contribution is 7.56. The van der Waals surface area contributed by atoms with Gasteiger partial charge in [-0.1, -0.05) is 74.5 Å². The zero-order valence-corrected chi connectivity index (χ0v) is 20.7. The Kier molecular flexibility index (Phi) is 11.1. The third-order valence-corrected chi connectivity index (χ3v) is 6.90. The number of carbonyl (C=O) groups is 3. The molecule has 2 rings (SSSR count). The zero-order chi connectivity index (χ0) is 25.8. The van der Waals surface area contributed by atoms with Crippen molar-refractivity contribution in [3.63, 3.8) is 0 Å². The molecule has 3 amide bonds. The number of alkyl carbamates (subject to hydrolysis) is 1. The van der Waals surface area contributed by atoms with E-state index in [2.05, 4.69) is 15.7 Å². The maximum Gasteiger partial charge on any atom is 0.408 e. The molecule has 0 heterocycles. The van der Waals surface area contributed by atoms with Crippen LogP contribution in [0.5, 0.6) is 0 Å². The molecule has 11 heteroatoms. The van der Waals surface area contributed by atoms with Gasteiger partial charge in [-0.2, -0.15) is 0 Å². The fourth-order valence-corrected chi connectivity index (χ4v) is 4.94. The lowest BCUT2D eigenvalue weighted by atomic mass is 10.1. The molecule has 3 atom stereocenters. The van der Waals surface area contributed by atoms with Crippen molar-refractivity contribution in [1.82, 2.24) is 15.7 Å². The third-order valence-electron chi connectivity index (χ3n) is 5.10. The number of hydrogen-bond acceptors (Lipinski definition) is 6. The van der Waals surface area contributed by atoms with Crippen LogP contribution in [0.1, 0.15) is 31.4 Å². The summed E-state index contributed by atoms with van der Waals surface area (Å²) in [6.07, 6.45) is -0.936. The van der Waals surface area contributed by atoms with Crippen molar-refractivity contribution >= 4 is 25.4 Å². The highest BCUT2D eigenvalue weighted by Gasteiger charge is 2.38. The van der Waals surface area contributed by atoms with Crippen LogP contribution in [0.4, 0.5) is 4.79 Å². The van der Waals surface area contributed by atoms with E-state index in [4.69, 9.17) is 10.5 Å². The SMILES string of the molecule is CC(C)[C@H](NP(=O)(O)C(Cc1ccccc1)NC(=O)OCc1ccccc1)C(=O)NC(=O)CCN. The first-order valence-electron chi connectivity index (χ1n) is 11.3. The summed E-state index contributed by atoms with van der Waals surface area (Å²) in [5.74, 6) is -3.08. The lowest BCUT2D eigenvalue weighted by Crippen LogP contribution is -2.50. The fraction of sp³-hybridized carbons (Fsp3) is 0.375. The Labute approximate surface area is 205 Å². The molecular formula is C24H33N4O6P. The minimum absolute atomic E-state index is 0.000588. The van der Waals surface area contributed by atoms with E-state index in [0.29, 0.717) is 5.56 Å². The average molecular weight is 505 g/mol. The number of amides is 3. The largest absolute Gasteiger partial charge is 0.445 e. The van der Waals surface area contributed by atoms with Crippen LogP contribution in [0, 0.1) is 5.92 Å². The van der Waals surface area contributed by atoms with E-state index < -0.39 is 43.2 Å². The predicted octanol–water partition coefficient (Wildman–Crippen LogP) is 2.27. The second-order valence-corrected chi connectivity index (χ2v) is 10.5. The maximum atomic E-state index is 13.4. The molecular weight excluding hydrogens is 471 g/mol. The highest BCUT2D eigenvalue weighted by Crippen LogP contribution is 2.43. The quantitative estimate of drug-likeness (QED) is 0.275. The fourth-order valence-electron chi connectivity index (χ4n) is 3.21. The predicted molar refractivity (Wildman–Crippen MR) is 132 cm³/mol. The van der Waals surface area contributed by atoms with E-state index >= 15 is 0 Å². The van der Waals surface area contributed by atoms with Crippen LogP contribution >= 0.6 is 7.52 Å². The van der Waals surface area contributed by atoms with Crippen LogP contribution < -0.4 is 21.5 Å². The molecule has 0 radical (unpaired) electrons. The number of ether oxygens (including phenoxy) is 1. The Morgan fingerprint density at radius 3 is 2.11 bits per heavy atom. The summed E-state index contributed by atoms with van der Waals surface area (Å²) >= 11 is 0. The van der Waals surface area contributed by atoms with Crippen LogP contribution in [0.15, 0.2) is 60.7 Å². The van der Waals surface area contributed by atoms with Gasteiger partial charge in [-0.15, -0.1) is 0 Å². The summed E-state index contributed by atoms with van der Waals surface area (Å²) in [6.45, 7) is 3.37. The summed E-state index contributed by atoms with van der Waals surface area (Å²) in [5.41, 5.74) is 6.79. The molecule has 0 aliphatic heterocycles. The Morgan fingerprint density at radius 2 is 1.57 bits per heavy atom. The third kappa shape index (κ3) is 9.62. The van der Waals surface area contributed by atoms with E-state index in [1.807, 2.05) is 6.07 Å². The van der Waals surface area contributed by atoms with Crippen molar-refractivity contribution in [1.29, 1.82) is 0 Å². The number of nitrogens with one attached hydrogen (secondary N) is 3. The number of carbonyl (C=O) groups excluding carboxylic acids is 3. The Balaban J connectivity index is 2.18. The van der Waals surface area contributed by atoms with Gasteiger partial charge >= 0.3 is 6.09 Å². The number of imide groups is 1. The molecule has 2 aromatic rings. The molecule has 0 aliphatic carbocycles. The first-order chi connectivity index (χ1) is 16.6. The summed E-state index contributed by atoms with van der Waals surface area (Å²) in [7, 11) is -4.40. The second kappa shape index (κ2) is 13.7. The number of nitrogens with two attached hydrogens (primary N) is 1. The summed E-state index contributed by atoms with van der Waals surface area (Å²) in [5, 5.41) is 7.14. The van der Waals surface area contributed by atoms with Gasteiger partial charge in [0.1, 0.15) is 12.4 Å². The highest BCUT2D eigenvalue weighted by atomic mass is 31.2. The minimum Gasteiger partial charge on any atom is -0.445 e. The van der Waals surface area contributed by atoms with Crippen molar-refractivity contribution in [2.45, 2.75) is 45.1 Å². The second-order valence-electron chi connectivity index (χ2n) is 8.34. The molecule has 2 unspecified atom stereocenters. The molecule has 0 fully saturated rings. The minimum atomic E-state index is -4.40. The monoisotopic (exact) mass is 504 g/mol. The van der Waals surface area contributed by atoms with Gasteiger partial charge < -0.3 is 20.7 Å². The molecule has 10 nitrogen and oxygen atoms in total. The normalized spacial score (nSPS) is 14.4. The molecule has 0 aromatic heterocycles. The van der Waals surface area contributed by atoms with E-state index in [-0.39, 0.29) is 26.0 Å². The van der Waals surface area contributed by atoms with Crippen molar-refractivity contribution in [3.05, 3.63) is 71.8 Å². The van der Waals surface area contributed by atoms with Gasteiger partial charge in [0.15, 0.2) is 0 Å². The van der Waals surface area contributed by atoms with Gasteiger partial charge in [-0.3, -0.25) is 19.5 Å². The lowest BCUT2D eigenvalue weighted by Gasteiger charge is -2.29. The number of benzene rings is 2. The maximum absolute atomic E-state index is 13.4. The summed E-state index contributed by atoms with van der Waals surface area (Å²) in [4.78, 5) is 47.9. The summed E-state index contributed by atoms with van der Waals surface area (Å²) < 4.78 is 18.7. The van der Waals surface area contributed by atoms with Crippen LogP contribution in [-0.2, 0) is 31.9 Å². The zero-order valence-electron chi connectivity index (χ0n) is 19.8. The Hall–Kier alpha value is -3.04. The lowest BCUT2D eigenvalue weighted by molar-refractivity contribution is -0.131. The number of hydrogen-bond donors (Lipinski definition) is 5. The van der Waals surface area contributed by atoms with E-state index in [1.165, 1.54) is 0 Å². The van der Waals surface area contributed by atoms with Gasteiger partial charge in [0.05, 0.1) is 6.04 Å². The van der Waals surface area contributed by atoms with E-state index in [0.717, 1.165) is 5.56 Å². The number of rotatable bonds is 12. The van der Waals surface area contributed by atoms with E-state index in [1.54, 1.807) is 68.4 Å². The molecule has 0 saturated heterocycles. The van der Waals surface area contributed by atoms with Crippen molar-refractivity contribution in [2.24, 2.45) is 11.7 Å². The van der Waals surface area contributed by atoms with Crippen molar-refractivity contribution in [3.8, 4) is 0 Å². The summed E-state index contributed by atoms with van der Waals surface area (Å²) in [6, 6.07) is 16.7. The molecule has 2 aromatic carbocycles. The molecule has 35 heavy (non-hydrogen) atoms. The van der Waals surface area contributed by atoms with Crippen LogP contribution in [-0.4, -0.2) is 41.2 Å².